The Labute approximate surface area is 327 Å². The number of phenolic OH excluding ortho intramolecular Hbond substituents is 1. The number of ether oxygens (including phenoxy) is 2. The minimum absolute atomic E-state index is 0.0828. The molecule has 11 nitrogen and oxygen atoms in total. The van der Waals surface area contributed by atoms with Crippen molar-refractivity contribution in [3.63, 3.8) is 0 Å². The van der Waals surface area contributed by atoms with Crippen LogP contribution in [0.4, 0.5) is 5.82 Å². The number of phenols is 1. The molecule has 5 aliphatic rings. The van der Waals surface area contributed by atoms with Gasteiger partial charge in [0.25, 0.3) is 0 Å². The van der Waals surface area contributed by atoms with E-state index in [2.05, 4.69) is 0 Å². The summed E-state index contributed by atoms with van der Waals surface area (Å²) in [6, 6.07) is 10.4. The number of methoxy groups -OCH3 is 2. The van der Waals surface area contributed by atoms with Crippen molar-refractivity contribution in [1.82, 2.24) is 14.7 Å². The summed E-state index contributed by atoms with van der Waals surface area (Å²) in [5.41, 5.74) is 1.61. The molecule has 0 bridgehead atoms. The van der Waals surface area contributed by atoms with Crippen LogP contribution in [-0.2, 0) is 26.2 Å². The average molecular weight is 783 g/mol. The lowest BCUT2D eigenvalue weighted by molar-refractivity contribution is -0.144. The molecule has 55 heavy (non-hydrogen) atoms. The van der Waals surface area contributed by atoms with Gasteiger partial charge in [-0.3, -0.25) is 28.8 Å². The van der Waals surface area contributed by atoms with Crippen molar-refractivity contribution in [1.29, 1.82) is 0 Å². The third-order valence-electron chi connectivity index (χ3n) is 13.3. The van der Waals surface area contributed by atoms with Crippen molar-refractivity contribution >= 4 is 62.5 Å². The lowest BCUT2D eigenvalue weighted by atomic mass is 9.51. The van der Waals surface area contributed by atoms with Crippen molar-refractivity contribution < 1.29 is 33.8 Å². The van der Waals surface area contributed by atoms with E-state index in [9.17, 15) is 14.7 Å². The summed E-state index contributed by atoms with van der Waals surface area (Å²) in [4.78, 5) is 62.7. The predicted molar refractivity (Wildman–Crippen MR) is 208 cm³/mol. The second-order valence-electron chi connectivity index (χ2n) is 16.0. The first kappa shape index (κ1) is 36.0. The summed E-state index contributed by atoms with van der Waals surface area (Å²) in [5, 5.41) is 17.2. The van der Waals surface area contributed by atoms with Crippen LogP contribution in [-0.4, -0.2) is 63.7 Å². The molecule has 4 fully saturated rings. The molecule has 6 atom stereocenters. The number of amides is 4. The summed E-state index contributed by atoms with van der Waals surface area (Å²) < 4.78 is 14.4. The Kier molecular flexibility index (Phi) is 8.47. The summed E-state index contributed by atoms with van der Waals surface area (Å²) >= 11 is 7.90. The zero-order valence-electron chi connectivity index (χ0n) is 31.4. The van der Waals surface area contributed by atoms with E-state index in [1.807, 2.05) is 38.1 Å². The number of nitrogens with zero attached hydrogens (tertiary/aromatic N) is 4. The lowest BCUT2D eigenvalue weighted by Gasteiger charge is -2.49. The molecule has 286 valence electrons. The van der Waals surface area contributed by atoms with Gasteiger partial charge in [-0.2, -0.15) is 5.10 Å². The van der Waals surface area contributed by atoms with Crippen molar-refractivity contribution in [3.8, 4) is 27.8 Å². The minimum Gasteiger partial charge on any atom is -0.508 e. The molecule has 9 rings (SSSR count). The van der Waals surface area contributed by atoms with Gasteiger partial charge >= 0.3 is 0 Å². The van der Waals surface area contributed by atoms with E-state index in [0.29, 0.717) is 40.0 Å². The number of aromatic hydroxyl groups is 1. The molecule has 4 amide bonds. The molecule has 0 spiro atoms. The molecule has 4 aromatic rings. The molecule has 1 N–H and O–H groups in total. The van der Waals surface area contributed by atoms with Gasteiger partial charge in [0, 0.05) is 52.5 Å². The minimum atomic E-state index is -1.35. The maximum atomic E-state index is 15.3. The highest BCUT2D eigenvalue weighted by molar-refractivity contribution is 7.22. The molecule has 0 radical (unpaired) electrons. The quantitative estimate of drug-likeness (QED) is 0.157. The number of hydrogen-bond acceptors (Lipinski definition) is 9. The largest absolute Gasteiger partial charge is 0.508 e. The predicted octanol–water partition coefficient (Wildman–Crippen LogP) is 7.55. The number of carbonyl (C=O) groups excluding carboxylic acids is 4. The van der Waals surface area contributed by atoms with Crippen LogP contribution in [0.5, 0.6) is 17.2 Å². The number of anilines is 1. The summed E-state index contributed by atoms with van der Waals surface area (Å²) in [7, 11) is 4.70. The number of imide groups is 2. The maximum Gasteiger partial charge on any atom is 0.242 e. The molecule has 2 aromatic heterocycles. The van der Waals surface area contributed by atoms with E-state index in [1.54, 1.807) is 34.0 Å². The topological polar surface area (TPSA) is 131 Å². The number of rotatable bonds is 6. The zero-order valence-corrected chi connectivity index (χ0v) is 33.0. The van der Waals surface area contributed by atoms with Gasteiger partial charge in [-0.25, -0.2) is 4.90 Å². The van der Waals surface area contributed by atoms with Crippen LogP contribution in [0.15, 0.2) is 48.0 Å². The number of aromatic nitrogens is 2. The summed E-state index contributed by atoms with van der Waals surface area (Å²) in [6.45, 7) is 3.83. The van der Waals surface area contributed by atoms with Crippen LogP contribution < -0.4 is 14.4 Å². The molecule has 0 unspecified atom stereocenters. The number of allylic oxidation sites excluding steroid dienone is 2. The molecule has 2 aliphatic heterocycles. The van der Waals surface area contributed by atoms with Crippen molar-refractivity contribution in [2.24, 2.45) is 36.1 Å². The van der Waals surface area contributed by atoms with Gasteiger partial charge in [-0.05, 0) is 74.6 Å². The van der Waals surface area contributed by atoms with Crippen LogP contribution in [0, 0.1) is 36.0 Å². The van der Waals surface area contributed by atoms with E-state index in [-0.39, 0.29) is 35.9 Å². The standard InChI is InChI=1S/C42H43ClN4O7S/c1-20-26-15-21(43)11-14-32(26)55-37(20)29-19-33(45(3)44-29)47-39(50)28-18-27-24(12-13-25-34(27)40(51)46(38(25)49)22-9-7-6-8-10-22)36(42(28,2)41(47)52)35-30(53-4)16-23(48)17-31(35)54-5/h11-12,14-17,19,22,25,27-28,34,36,48H,6-10,13,18H2,1-5H3/t25-,27+,28-,34-,36+,42+/m0/s1. The molecule has 2 saturated carbocycles. The van der Waals surface area contributed by atoms with Crippen molar-refractivity contribution in [2.75, 3.05) is 19.1 Å². The fourth-order valence-corrected chi connectivity index (χ4v) is 12.0. The SMILES string of the molecule is COc1cc(O)cc(OC)c1[C@H]1C2=CC[C@@H]3C(=O)N(C4CCCCC4)C(=O)[C@@H]3[C@@H]2C[C@H]2C(=O)N(c3cc(-c4sc5ccc(Cl)cc5c4C)nn3C)C(=O)[C@@]12C. The highest BCUT2D eigenvalue weighted by Crippen LogP contribution is 2.66. The van der Waals surface area contributed by atoms with Crippen LogP contribution in [0.3, 0.4) is 0 Å². The first-order valence-corrected chi connectivity index (χ1v) is 20.2. The van der Waals surface area contributed by atoms with Gasteiger partial charge in [-0.15, -0.1) is 11.3 Å². The fraction of sp³-hybridized carbons (Fsp3) is 0.452. The number of benzene rings is 2. The Balaban J connectivity index is 1.18. The number of hydrogen-bond donors (Lipinski definition) is 1. The van der Waals surface area contributed by atoms with E-state index >= 15 is 9.59 Å². The van der Waals surface area contributed by atoms with Gasteiger partial charge < -0.3 is 14.6 Å². The maximum absolute atomic E-state index is 15.3. The van der Waals surface area contributed by atoms with E-state index < -0.39 is 40.9 Å². The van der Waals surface area contributed by atoms with Crippen molar-refractivity contribution in [3.05, 3.63) is 64.2 Å². The molecule has 4 heterocycles. The Morgan fingerprint density at radius 2 is 1.65 bits per heavy atom. The number of halogens is 1. The third kappa shape index (κ3) is 5.09. The highest BCUT2D eigenvalue weighted by Gasteiger charge is 2.69. The van der Waals surface area contributed by atoms with Gasteiger partial charge in [0.05, 0.1) is 42.3 Å². The molecule has 2 aromatic carbocycles. The Hall–Kier alpha value is -4.68. The first-order chi connectivity index (χ1) is 26.4. The second kappa shape index (κ2) is 12.9. The number of carbonyl (C=O) groups is 4. The number of aryl methyl sites for hydroxylation is 2. The third-order valence-corrected chi connectivity index (χ3v) is 14.8. The smallest absolute Gasteiger partial charge is 0.242 e. The van der Waals surface area contributed by atoms with E-state index in [4.69, 9.17) is 26.2 Å². The molecule has 13 heteroatoms. The molecular formula is C42H43ClN4O7S. The first-order valence-electron chi connectivity index (χ1n) is 19.0. The average Bonchev–Trinajstić information content (AvgIpc) is 3.85. The Bertz CT molecular complexity index is 2330. The van der Waals surface area contributed by atoms with Crippen LogP contribution >= 0.6 is 22.9 Å². The van der Waals surface area contributed by atoms with Crippen LogP contribution in [0.2, 0.25) is 5.02 Å². The lowest BCUT2D eigenvalue weighted by Crippen LogP contribution is -2.49. The monoisotopic (exact) mass is 782 g/mol. The van der Waals surface area contributed by atoms with Crippen molar-refractivity contribution in [2.45, 2.75) is 70.8 Å². The van der Waals surface area contributed by atoms with E-state index in [0.717, 1.165) is 58.2 Å². The highest BCUT2D eigenvalue weighted by atomic mass is 35.5. The second-order valence-corrected chi connectivity index (χ2v) is 17.5. The molecule has 3 aliphatic carbocycles. The van der Waals surface area contributed by atoms with Gasteiger partial charge in [0.15, 0.2) is 0 Å². The van der Waals surface area contributed by atoms with Gasteiger partial charge in [0.1, 0.15) is 28.8 Å². The van der Waals surface area contributed by atoms with Gasteiger partial charge in [-0.1, -0.05) is 42.5 Å². The van der Waals surface area contributed by atoms with Crippen LogP contribution in [0.1, 0.15) is 68.9 Å². The summed E-state index contributed by atoms with van der Waals surface area (Å²) in [6.07, 6.45) is 7.25. The normalized spacial score (nSPS) is 28.1. The van der Waals surface area contributed by atoms with E-state index in [1.165, 1.54) is 31.3 Å². The zero-order chi connectivity index (χ0) is 38.7. The Morgan fingerprint density at radius 3 is 2.35 bits per heavy atom. The number of likely N-dealkylation sites (tertiary alicyclic amines) is 1. The fourth-order valence-electron chi connectivity index (χ4n) is 10.7. The molecular weight excluding hydrogens is 740 g/mol. The summed E-state index contributed by atoms with van der Waals surface area (Å²) in [5.74, 6) is -3.54. The van der Waals surface area contributed by atoms with Gasteiger partial charge in [0.2, 0.25) is 23.6 Å². The molecule has 2 saturated heterocycles. The number of fused-ring (bicyclic) bond motifs is 5. The number of thiophene rings is 1. The van der Waals surface area contributed by atoms with Crippen LogP contribution in [0.25, 0.3) is 20.7 Å². The Morgan fingerprint density at radius 1 is 0.945 bits per heavy atom.